The number of benzene rings is 1. The second-order valence-electron chi connectivity index (χ2n) is 5.83. The van der Waals surface area contributed by atoms with Crippen molar-refractivity contribution in [1.82, 2.24) is 0 Å². The third-order valence-corrected chi connectivity index (χ3v) is 8.06. The van der Waals surface area contributed by atoms with Crippen molar-refractivity contribution in [1.29, 1.82) is 0 Å². The lowest BCUT2D eigenvalue weighted by Crippen LogP contribution is -2.30. The van der Waals surface area contributed by atoms with Crippen LogP contribution in [-0.4, -0.2) is 11.5 Å². The van der Waals surface area contributed by atoms with Gasteiger partial charge in [-0.25, -0.2) is 0 Å². The average Bonchev–Trinajstić information content (AvgIpc) is 2.53. The molecule has 1 aliphatic rings. The normalized spacial score (nSPS) is 19.7. The minimum Gasteiger partial charge on any atom is -0.139 e. The van der Waals surface area contributed by atoms with Crippen molar-refractivity contribution < 1.29 is 0 Å². The number of hydrogen-bond acceptors (Lipinski definition) is 2. The molecule has 1 heterocycles. The molecule has 0 nitrogen and oxygen atoms in total. The van der Waals surface area contributed by atoms with Gasteiger partial charge >= 0.3 is 0 Å². The molecule has 1 aliphatic heterocycles. The van der Waals surface area contributed by atoms with E-state index >= 15 is 0 Å². The van der Waals surface area contributed by atoms with Crippen LogP contribution in [0.1, 0.15) is 57.9 Å². The van der Waals surface area contributed by atoms with E-state index in [1.165, 1.54) is 55.6 Å². The Kier molecular flexibility index (Phi) is 6.83. The van der Waals surface area contributed by atoms with Gasteiger partial charge in [-0.2, -0.15) is 0 Å². The van der Waals surface area contributed by atoms with Crippen molar-refractivity contribution in [2.24, 2.45) is 5.92 Å². The van der Waals surface area contributed by atoms with Gasteiger partial charge in [-0.1, -0.05) is 69.9 Å². The molecule has 2 rings (SSSR count). The minimum absolute atomic E-state index is 0.311. The minimum atomic E-state index is 0.311. The molecule has 1 saturated heterocycles. The van der Waals surface area contributed by atoms with Gasteiger partial charge in [0, 0.05) is 0 Å². The van der Waals surface area contributed by atoms with Crippen molar-refractivity contribution in [2.75, 3.05) is 11.5 Å². The summed E-state index contributed by atoms with van der Waals surface area (Å²) in [5.41, 5.74) is 1.54. The number of unbranched alkanes of at least 4 members (excludes halogenated alkanes) is 3. The van der Waals surface area contributed by atoms with Crippen LogP contribution in [0.2, 0.25) is 0 Å². The molecule has 2 heteroatoms. The molecule has 1 fully saturated rings. The van der Waals surface area contributed by atoms with Crippen LogP contribution in [0, 0.1) is 5.92 Å². The molecular weight excluding hydrogens is 280 g/mol. The SMILES string of the molecule is CCCCCC[C@H](C)C1(c2ccccc2)SCCCS1. The van der Waals surface area contributed by atoms with Crippen LogP contribution in [0.4, 0.5) is 0 Å². The molecule has 0 aromatic heterocycles. The zero-order valence-electron chi connectivity index (χ0n) is 12.9. The molecule has 0 spiro atoms. The van der Waals surface area contributed by atoms with Crippen molar-refractivity contribution in [3.8, 4) is 0 Å². The van der Waals surface area contributed by atoms with E-state index in [0.717, 1.165) is 5.92 Å². The van der Waals surface area contributed by atoms with E-state index < -0.39 is 0 Å². The molecule has 0 saturated carbocycles. The quantitative estimate of drug-likeness (QED) is 0.541. The largest absolute Gasteiger partial charge is 0.139 e. The van der Waals surface area contributed by atoms with Gasteiger partial charge in [-0.15, -0.1) is 23.5 Å². The highest BCUT2D eigenvalue weighted by Crippen LogP contribution is 2.56. The van der Waals surface area contributed by atoms with Crippen LogP contribution in [0.5, 0.6) is 0 Å². The lowest BCUT2D eigenvalue weighted by molar-refractivity contribution is 0.456. The standard InChI is InChI=1S/C18H28S2/c1-3-4-5-7-11-16(2)18(19-14-10-15-20-18)17-12-8-6-9-13-17/h6,8-9,12-13,16H,3-5,7,10-11,14-15H2,1-2H3/t16-/m0/s1. The molecule has 1 aromatic rings. The van der Waals surface area contributed by atoms with Gasteiger partial charge in [0.2, 0.25) is 0 Å². The molecule has 0 amide bonds. The Morgan fingerprint density at radius 2 is 1.75 bits per heavy atom. The maximum Gasteiger partial charge on any atom is 0.0885 e. The van der Waals surface area contributed by atoms with Gasteiger partial charge in [0.05, 0.1) is 4.08 Å². The molecule has 0 unspecified atom stereocenters. The first-order valence-electron chi connectivity index (χ1n) is 8.13. The van der Waals surface area contributed by atoms with Crippen LogP contribution in [0.25, 0.3) is 0 Å². The topological polar surface area (TPSA) is 0 Å². The Labute approximate surface area is 133 Å². The summed E-state index contributed by atoms with van der Waals surface area (Å²) in [5, 5.41) is 0. The van der Waals surface area contributed by atoms with Gasteiger partial charge in [-0.3, -0.25) is 0 Å². The summed E-state index contributed by atoms with van der Waals surface area (Å²) in [6.07, 6.45) is 8.26. The highest BCUT2D eigenvalue weighted by Gasteiger charge is 2.40. The number of rotatable bonds is 7. The lowest BCUT2D eigenvalue weighted by atomic mass is 9.94. The van der Waals surface area contributed by atoms with Crippen molar-refractivity contribution >= 4 is 23.5 Å². The first-order valence-corrected chi connectivity index (χ1v) is 10.1. The Morgan fingerprint density at radius 1 is 1.05 bits per heavy atom. The maximum atomic E-state index is 2.48. The summed E-state index contributed by atoms with van der Waals surface area (Å²) < 4.78 is 0.311. The fraction of sp³-hybridized carbons (Fsp3) is 0.667. The van der Waals surface area contributed by atoms with Crippen molar-refractivity contribution in [3.05, 3.63) is 35.9 Å². The summed E-state index contributed by atoms with van der Waals surface area (Å²) >= 11 is 4.40. The molecule has 0 bridgehead atoms. The zero-order chi connectivity index (χ0) is 14.3. The third-order valence-electron chi connectivity index (χ3n) is 4.24. The summed E-state index contributed by atoms with van der Waals surface area (Å²) in [6.45, 7) is 4.77. The fourth-order valence-corrected chi connectivity index (χ4v) is 6.63. The molecular formula is C18H28S2. The smallest absolute Gasteiger partial charge is 0.0885 e. The van der Waals surface area contributed by atoms with Crippen LogP contribution >= 0.6 is 23.5 Å². The van der Waals surface area contributed by atoms with Crippen molar-refractivity contribution in [3.63, 3.8) is 0 Å². The zero-order valence-corrected chi connectivity index (χ0v) is 14.6. The van der Waals surface area contributed by atoms with Crippen molar-refractivity contribution in [2.45, 2.75) is 56.5 Å². The molecule has 0 aliphatic carbocycles. The molecule has 1 atom stereocenters. The number of hydrogen-bond donors (Lipinski definition) is 0. The summed E-state index contributed by atoms with van der Waals surface area (Å²) in [5.74, 6) is 3.40. The van der Waals surface area contributed by atoms with E-state index in [4.69, 9.17) is 0 Å². The van der Waals surface area contributed by atoms with Gasteiger partial charge in [0.25, 0.3) is 0 Å². The predicted octanol–water partition coefficient (Wildman–Crippen LogP) is 6.32. The lowest BCUT2D eigenvalue weighted by Gasteiger charge is -2.41. The van der Waals surface area contributed by atoms with Gasteiger partial charge in [0.15, 0.2) is 0 Å². The Morgan fingerprint density at radius 3 is 2.40 bits per heavy atom. The van der Waals surface area contributed by atoms with Gasteiger partial charge in [-0.05, 0) is 35.8 Å². The second-order valence-corrected chi connectivity index (χ2v) is 8.77. The highest BCUT2D eigenvalue weighted by molar-refractivity contribution is 8.18. The van der Waals surface area contributed by atoms with Crippen LogP contribution in [0.3, 0.4) is 0 Å². The van der Waals surface area contributed by atoms with Gasteiger partial charge in [0.1, 0.15) is 0 Å². The third kappa shape index (κ3) is 3.98. The Hall–Kier alpha value is -0.0800. The van der Waals surface area contributed by atoms with E-state index in [-0.39, 0.29) is 0 Å². The molecule has 0 radical (unpaired) electrons. The Bertz CT molecular complexity index is 368. The predicted molar refractivity (Wildman–Crippen MR) is 95.6 cm³/mol. The molecule has 112 valence electrons. The average molecular weight is 309 g/mol. The van der Waals surface area contributed by atoms with E-state index in [0.29, 0.717) is 4.08 Å². The first-order chi connectivity index (χ1) is 9.79. The molecule has 1 aromatic carbocycles. The summed E-state index contributed by atoms with van der Waals surface area (Å²) in [4.78, 5) is 0. The first kappa shape index (κ1) is 16.3. The maximum absolute atomic E-state index is 2.48. The van der Waals surface area contributed by atoms with E-state index in [2.05, 4.69) is 67.7 Å². The number of thioether (sulfide) groups is 2. The summed E-state index contributed by atoms with van der Waals surface area (Å²) in [7, 11) is 0. The van der Waals surface area contributed by atoms with E-state index in [9.17, 15) is 0 Å². The monoisotopic (exact) mass is 308 g/mol. The van der Waals surface area contributed by atoms with Crippen LogP contribution in [-0.2, 0) is 4.08 Å². The second kappa shape index (κ2) is 8.38. The highest BCUT2D eigenvalue weighted by atomic mass is 32.2. The molecule has 20 heavy (non-hydrogen) atoms. The van der Waals surface area contributed by atoms with Crippen LogP contribution < -0.4 is 0 Å². The molecule has 0 N–H and O–H groups in total. The van der Waals surface area contributed by atoms with Gasteiger partial charge < -0.3 is 0 Å². The van der Waals surface area contributed by atoms with E-state index in [1.54, 1.807) is 0 Å². The summed E-state index contributed by atoms with van der Waals surface area (Å²) in [6, 6.07) is 11.2. The van der Waals surface area contributed by atoms with Crippen LogP contribution in [0.15, 0.2) is 30.3 Å². The Balaban J connectivity index is 2.06. The fourth-order valence-electron chi connectivity index (χ4n) is 3.02. The van der Waals surface area contributed by atoms with E-state index in [1.807, 2.05) is 0 Å².